The summed E-state index contributed by atoms with van der Waals surface area (Å²) in [5.41, 5.74) is 0. The SMILES string of the molecule is CCNCC(C)S(=O)(=O)NC1CCN(C)C(C)C1. The Balaban J connectivity index is 2.50. The normalized spacial score (nSPS) is 28.2. The molecule has 0 aromatic heterocycles. The van der Waals surface area contributed by atoms with Gasteiger partial charge in [-0.2, -0.15) is 0 Å². The van der Waals surface area contributed by atoms with E-state index in [4.69, 9.17) is 0 Å². The number of sulfonamides is 1. The lowest BCUT2D eigenvalue weighted by molar-refractivity contribution is 0.178. The third-order valence-electron chi connectivity index (χ3n) is 3.75. The molecule has 0 bridgehead atoms. The number of hydrogen-bond donors (Lipinski definition) is 2. The van der Waals surface area contributed by atoms with Crippen LogP contribution in [0.3, 0.4) is 0 Å². The summed E-state index contributed by atoms with van der Waals surface area (Å²) in [5, 5.41) is 2.70. The molecule has 18 heavy (non-hydrogen) atoms. The highest BCUT2D eigenvalue weighted by molar-refractivity contribution is 7.90. The molecule has 5 nitrogen and oxygen atoms in total. The van der Waals surface area contributed by atoms with E-state index in [1.807, 2.05) is 6.92 Å². The molecular weight excluding hydrogens is 250 g/mol. The van der Waals surface area contributed by atoms with Crippen LogP contribution in [0.15, 0.2) is 0 Å². The molecule has 1 aliphatic rings. The van der Waals surface area contributed by atoms with Crippen LogP contribution in [0.4, 0.5) is 0 Å². The number of nitrogens with one attached hydrogen (secondary N) is 2. The Morgan fingerprint density at radius 1 is 1.44 bits per heavy atom. The Morgan fingerprint density at radius 2 is 2.11 bits per heavy atom. The molecule has 2 N–H and O–H groups in total. The molecule has 3 unspecified atom stereocenters. The third kappa shape index (κ3) is 4.50. The van der Waals surface area contributed by atoms with Crippen LogP contribution in [0, 0.1) is 0 Å². The quantitative estimate of drug-likeness (QED) is 0.737. The molecule has 0 aromatic rings. The smallest absolute Gasteiger partial charge is 0.215 e. The molecule has 108 valence electrons. The summed E-state index contributed by atoms with van der Waals surface area (Å²) in [4.78, 5) is 2.27. The Kier molecular flexibility index (Phi) is 6.04. The van der Waals surface area contributed by atoms with Crippen molar-refractivity contribution in [1.29, 1.82) is 0 Å². The largest absolute Gasteiger partial charge is 0.316 e. The molecule has 1 saturated heterocycles. The topological polar surface area (TPSA) is 61.4 Å². The molecule has 0 amide bonds. The van der Waals surface area contributed by atoms with Gasteiger partial charge in [0, 0.05) is 18.6 Å². The standard InChI is InChI=1S/C12H27N3O2S/c1-5-13-9-11(3)18(16,17)14-12-6-7-15(4)10(2)8-12/h10-14H,5-9H2,1-4H3. The summed E-state index contributed by atoms with van der Waals surface area (Å²) in [6.07, 6.45) is 1.79. The molecule has 1 fully saturated rings. The van der Waals surface area contributed by atoms with Crippen LogP contribution in [-0.2, 0) is 10.0 Å². The molecule has 3 atom stereocenters. The van der Waals surface area contributed by atoms with Crippen LogP contribution in [0.2, 0.25) is 0 Å². The Bertz CT molecular complexity index is 345. The van der Waals surface area contributed by atoms with Crippen molar-refractivity contribution in [2.75, 3.05) is 26.7 Å². The van der Waals surface area contributed by atoms with Crippen LogP contribution in [0.5, 0.6) is 0 Å². The highest BCUT2D eigenvalue weighted by atomic mass is 32.2. The fraction of sp³-hybridized carbons (Fsp3) is 1.00. The van der Waals surface area contributed by atoms with Crippen LogP contribution >= 0.6 is 0 Å². The highest BCUT2D eigenvalue weighted by Gasteiger charge is 2.28. The van der Waals surface area contributed by atoms with Gasteiger partial charge in [-0.3, -0.25) is 0 Å². The number of likely N-dealkylation sites (tertiary alicyclic amines) is 1. The van der Waals surface area contributed by atoms with Crippen LogP contribution < -0.4 is 10.0 Å². The molecule has 6 heteroatoms. The van der Waals surface area contributed by atoms with Crippen molar-refractivity contribution in [1.82, 2.24) is 14.9 Å². The second-order valence-corrected chi connectivity index (χ2v) is 7.46. The van der Waals surface area contributed by atoms with Crippen LogP contribution in [0.25, 0.3) is 0 Å². The molecule has 0 aliphatic carbocycles. The minimum atomic E-state index is -3.20. The van der Waals surface area contributed by atoms with Crippen molar-refractivity contribution in [3.05, 3.63) is 0 Å². The zero-order valence-electron chi connectivity index (χ0n) is 11.9. The summed E-state index contributed by atoms with van der Waals surface area (Å²) >= 11 is 0. The molecule has 1 heterocycles. The average Bonchev–Trinajstić information content (AvgIpc) is 2.30. The van der Waals surface area contributed by atoms with E-state index >= 15 is 0 Å². The number of hydrogen-bond acceptors (Lipinski definition) is 4. The first-order chi connectivity index (χ1) is 8.36. The van der Waals surface area contributed by atoms with E-state index in [2.05, 4.69) is 28.9 Å². The zero-order chi connectivity index (χ0) is 13.8. The first-order valence-corrected chi connectivity index (χ1v) is 8.33. The van der Waals surface area contributed by atoms with Crippen molar-refractivity contribution in [3.63, 3.8) is 0 Å². The van der Waals surface area contributed by atoms with Gasteiger partial charge in [-0.15, -0.1) is 0 Å². The number of nitrogens with zero attached hydrogens (tertiary/aromatic N) is 1. The maximum Gasteiger partial charge on any atom is 0.215 e. The Labute approximate surface area is 111 Å². The molecule has 0 saturated carbocycles. The van der Waals surface area contributed by atoms with E-state index in [9.17, 15) is 8.42 Å². The van der Waals surface area contributed by atoms with Gasteiger partial charge in [0.25, 0.3) is 0 Å². The second kappa shape index (κ2) is 6.84. The maximum absolute atomic E-state index is 12.1. The Hall–Kier alpha value is -0.170. The summed E-state index contributed by atoms with van der Waals surface area (Å²) in [7, 11) is -1.12. The van der Waals surface area contributed by atoms with Crippen LogP contribution in [-0.4, -0.2) is 57.3 Å². The molecule has 1 rings (SSSR count). The minimum Gasteiger partial charge on any atom is -0.316 e. The van der Waals surface area contributed by atoms with Crippen molar-refractivity contribution in [2.24, 2.45) is 0 Å². The van der Waals surface area contributed by atoms with Crippen molar-refractivity contribution >= 4 is 10.0 Å². The van der Waals surface area contributed by atoms with Gasteiger partial charge in [-0.25, -0.2) is 13.1 Å². The van der Waals surface area contributed by atoms with Gasteiger partial charge in [-0.05, 0) is 46.8 Å². The van der Waals surface area contributed by atoms with E-state index in [0.717, 1.165) is 25.9 Å². The summed E-state index contributed by atoms with van der Waals surface area (Å²) < 4.78 is 27.1. The maximum atomic E-state index is 12.1. The van der Waals surface area contributed by atoms with E-state index in [-0.39, 0.29) is 11.3 Å². The third-order valence-corrected chi connectivity index (χ3v) is 5.64. The highest BCUT2D eigenvalue weighted by Crippen LogP contribution is 2.16. The summed E-state index contributed by atoms with van der Waals surface area (Å²) in [6, 6.07) is 0.529. The Morgan fingerprint density at radius 3 is 2.67 bits per heavy atom. The second-order valence-electron chi connectivity index (χ2n) is 5.33. The van der Waals surface area contributed by atoms with E-state index in [1.54, 1.807) is 6.92 Å². The molecular formula is C12H27N3O2S. The molecule has 1 aliphatic heterocycles. The zero-order valence-corrected chi connectivity index (χ0v) is 12.8. The van der Waals surface area contributed by atoms with E-state index in [1.165, 1.54) is 0 Å². The summed E-state index contributed by atoms with van der Waals surface area (Å²) in [6.45, 7) is 8.13. The number of rotatable bonds is 6. The van der Waals surface area contributed by atoms with Crippen LogP contribution in [0.1, 0.15) is 33.6 Å². The monoisotopic (exact) mass is 277 g/mol. The first kappa shape index (κ1) is 15.9. The fourth-order valence-electron chi connectivity index (χ4n) is 2.20. The lowest BCUT2D eigenvalue weighted by atomic mass is 10.0. The predicted molar refractivity (Wildman–Crippen MR) is 75.2 cm³/mol. The van der Waals surface area contributed by atoms with Gasteiger partial charge in [-0.1, -0.05) is 6.92 Å². The molecule has 0 aromatic carbocycles. The van der Waals surface area contributed by atoms with Gasteiger partial charge >= 0.3 is 0 Å². The lowest BCUT2D eigenvalue weighted by Gasteiger charge is -2.35. The van der Waals surface area contributed by atoms with Gasteiger partial charge < -0.3 is 10.2 Å². The van der Waals surface area contributed by atoms with E-state index < -0.39 is 10.0 Å². The predicted octanol–water partition coefficient (Wildman–Crippen LogP) is 0.387. The van der Waals surface area contributed by atoms with Gasteiger partial charge in [0.15, 0.2) is 0 Å². The van der Waals surface area contributed by atoms with Crippen molar-refractivity contribution in [2.45, 2.75) is 50.9 Å². The lowest BCUT2D eigenvalue weighted by Crippen LogP contribution is -2.50. The van der Waals surface area contributed by atoms with Gasteiger partial charge in [0.2, 0.25) is 10.0 Å². The van der Waals surface area contributed by atoms with Crippen molar-refractivity contribution in [3.8, 4) is 0 Å². The van der Waals surface area contributed by atoms with Gasteiger partial charge in [0.1, 0.15) is 0 Å². The van der Waals surface area contributed by atoms with E-state index in [0.29, 0.717) is 12.6 Å². The molecule has 0 spiro atoms. The minimum absolute atomic E-state index is 0.0882. The average molecular weight is 277 g/mol. The fourth-order valence-corrected chi connectivity index (χ4v) is 3.45. The van der Waals surface area contributed by atoms with Crippen molar-refractivity contribution < 1.29 is 8.42 Å². The number of piperidine rings is 1. The molecule has 0 radical (unpaired) electrons. The summed E-state index contributed by atoms with van der Waals surface area (Å²) in [5.74, 6) is 0. The first-order valence-electron chi connectivity index (χ1n) is 6.79. The van der Waals surface area contributed by atoms with Gasteiger partial charge in [0.05, 0.1) is 5.25 Å².